The Bertz CT molecular complexity index is 998. The van der Waals surface area contributed by atoms with Crippen molar-refractivity contribution in [2.45, 2.75) is 6.42 Å². The molecule has 0 aliphatic rings. The maximum absolute atomic E-state index is 14.1. The standard InChI is InChI=1S/C19H15ClF2N2O3/c20-12-4-6-15(18-11(12)3-1-8-24-18)27-10-2-9-26-14-7-5-13(21)16(17(14)22)19(23)25/h1,3-8H,2,9-10H2,(H2,23,25). The van der Waals surface area contributed by atoms with Gasteiger partial charge in [0.05, 0.1) is 18.2 Å². The van der Waals surface area contributed by atoms with Crippen LogP contribution in [0.3, 0.4) is 0 Å². The van der Waals surface area contributed by atoms with Crippen LogP contribution < -0.4 is 15.2 Å². The Morgan fingerprint density at radius 1 is 1.07 bits per heavy atom. The summed E-state index contributed by atoms with van der Waals surface area (Å²) in [6, 6.07) is 9.10. The van der Waals surface area contributed by atoms with E-state index < -0.39 is 23.1 Å². The molecule has 3 rings (SSSR count). The van der Waals surface area contributed by atoms with Crippen LogP contribution in [0.25, 0.3) is 10.9 Å². The largest absolute Gasteiger partial charge is 0.491 e. The molecule has 0 spiro atoms. The van der Waals surface area contributed by atoms with Gasteiger partial charge in [0.15, 0.2) is 11.6 Å². The van der Waals surface area contributed by atoms with Crippen molar-refractivity contribution in [1.82, 2.24) is 4.98 Å². The molecule has 8 heteroatoms. The van der Waals surface area contributed by atoms with Crippen LogP contribution in [0, 0.1) is 11.6 Å². The molecule has 0 atom stereocenters. The molecule has 0 radical (unpaired) electrons. The molecule has 2 aromatic carbocycles. The van der Waals surface area contributed by atoms with E-state index in [1.165, 1.54) is 0 Å². The highest BCUT2D eigenvalue weighted by Gasteiger charge is 2.19. The molecule has 0 bridgehead atoms. The molecule has 0 fully saturated rings. The molecule has 1 aromatic heterocycles. The minimum atomic E-state index is -1.19. The van der Waals surface area contributed by atoms with Crippen LogP contribution in [0.2, 0.25) is 5.02 Å². The average Bonchev–Trinajstić information content (AvgIpc) is 2.65. The number of nitrogens with zero attached hydrogens (tertiary/aromatic N) is 1. The van der Waals surface area contributed by atoms with Gasteiger partial charge in [0.1, 0.15) is 22.6 Å². The van der Waals surface area contributed by atoms with Gasteiger partial charge in [0, 0.05) is 18.0 Å². The van der Waals surface area contributed by atoms with Gasteiger partial charge in [0.2, 0.25) is 0 Å². The van der Waals surface area contributed by atoms with Gasteiger partial charge < -0.3 is 15.2 Å². The SMILES string of the molecule is NC(=O)c1c(F)ccc(OCCCOc2ccc(Cl)c3cccnc23)c1F. The summed E-state index contributed by atoms with van der Waals surface area (Å²) in [4.78, 5) is 15.4. The molecule has 0 unspecified atom stereocenters. The molecule has 5 nitrogen and oxygen atoms in total. The normalized spacial score (nSPS) is 10.8. The van der Waals surface area contributed by atoms with Gasteiger partial charge >= 0.3 is 0 Å². The molecule has 1 amide bonds. The van der Waals surface area contributed by atoms with Crippen LogP contribution in [-0.2, 0) is 0 Å². The molecule has 0 saturated heterocycles. The third kappa shape index (κ3) is 4.09. The minimum Gasteiger partial charge on any atom is -0.491 e. The molecule has 140 valence electrons. The van der Waals surface area contributed by atoms with Gasteiger partial charge in [0.25, 0.3) is 5.91 Å². The number of halogens is 3. The second-order valence-corrected chi connectivity index (χ2v) is 6.00. The van der Waals surface area contributed by atoms with Crippen LogP contribution in [0.4, 0.5) is 8.78 Å². The van der Waals surface area contributed by atoms with Crippen molar-refractivity contribution >= 4 is 28.4 Å². The zero-order valence-corrected chi connectivity index (χ0v) is 14.8. The highest BCUT2D eigenvalue weighted by molar-refractivity contribution is 6.35. The van der Waals surface area contributed by atoms with E-state index in [9.17, 15) is 13.6 Å². The molecule has 0 saturated carbocycles. The van der Waals surface area contributed by atoms with E-state index in [0.717, 1.165) is 17.5 Å². The van der Waals surface area contributed by atoms with Gasteiger partial charge in [-0.05, 0) is 36.4 Å². The van der Waals surface area contributed by atoms with Crippen molar-refractivity contribution in [3.8, 4) is 11.5 Å². The van der Waals surface area contributed by atoms with Crippen LogP contribution in [0.5, 0.6) is 11.5 Å². The number of amides is 1. The van der Waals surface area contributed by atoms with E-state index in [0.29, 0.717) is 22.7 Å². The van der Waals surface area contributed by atoms with E-state index in [1.807, 2.05) is 6.07 Å². The molecule has 1 heterocycles. The number of ether oxygens (including phenoxy) is 2. The number of primary amides is 1. The van der Waals surface area contributed by atoms with E-state index in [1.54, 1.807) is 24.4 Å². The average molecular weight is 393 g/mol. The first-order chi connectivity index (χ1) is 13.0. The first-order valence-corrected chi connectivity index (χ1v) is 8.43. The highest BCUT2D eigenvalue weighted by Crippen LogP contribution is 2.29. The summed E-state index contributed by atoms with van der Waals surface area (Å²) in [6.07, 6.45) is 2.06. The fourth-order valence-corrected chi connectivity index (χ4v) is 2.74. The van der Waals surface area contributed by atoms with E-state index in [4.69, 9.17) is 26.8 Å². The first kappa shape index (κ1) is 18.8. The summed E-state index contributed by atoms with van der Waals surface area (Å²) >= 11 is 6.13. The maximum atomic E-state index is 14.1. The first-order valence-electron chi connectivity index (χ1n) is 8.05. The Morgan fingerprint density at radius 3 is 2.52 bits per heavy atom. The minimum absolute atomic E-state index is 0.0969. The Kier molecular flexibility index (Phi) is 5.71. The number of carbonyl (C=O) groups is 1. The van der Waals surface area contributed by atoms with Crippen LogP contribution in [-0.4, -0.2) is 24.1 Å². The van der Waals surface area contributed by atoms with Crippen molar-refractivity contribution in [2.24, 2.45) is 5.73 Å². The molecule has 0 aliphatic carbocycles. The molecular weight excluding hydrogens is 378 g/mol. The summed E-state index contributed by atoms with van der Waals surface area (Å²) in [6.45, 7) is 0.374. The number of rotatable bonds is 7. The third-order valence-corrected chi connectivity index (χ3v) is 4.11. The Morgan fingerprint density at radius 2 is 1.78 bits per heavy atom. The maximum Gasteiger partial charge on any atom is 0.254 e. The monoisotopic (exact) mass is 392 g/mol. The molecule has 3 aromatic rings. The van der Waals surface area contributed by atoms with Gasteiger partial charge in [-0.25, -0.2) is 8.78 Å². The number of carbonyl (C=O) groups excluding carboxylic acids is 1. The van der Waals surface area contributed by atoms with Gasteiger partial charge in [-0.2, -0.15) is 0 Å². The van der Waals surface area contributed by atoms with Crippen LogP contribution >= 0.6 is 11.6 Å². The number of hydrogen-bond acceptors (Lipinski definition) is 4. The van der Waals surface area contributed by atoms with Crippen molar-refractivity contribution in [3.05, 3.63) is 64.8 Å². The predicted molar refractivity (Wildman–Crippen MR) is 97.2 cm³/mol. The zero-order valence-electron chi connectivity index (χ0n) is 14.0. The Labute approximate surface area is 158 Å². The lowest BCUT2D eigenvalue weighted by molar-refractivity contribution is 0.0991. The number of hydrogen-bond donors (Lipinski definition) is 1. The molecule has 2 N–H and O–H groups in total. The molecular formula is C19H15ClF2N2O3. The van der Waals surface area contributed by atoms with Crippen LogP contribution in [0.1, 0.15) is 16.8 Å². The highest BCUT2D eigenvalue weighted by atomic mass is 35.5. The van der Waals surface area contributed by atoms with Crippen molar-refractivity contribution in [1.29, 1.82) is 0 Å². The van der Waals surface area contributed by atoms with E-state index >= 15 is 0 Å². The summed E-state index contributed by atoms with van der Waals surface area (Å²) in [5.74, 6) is -3.02. The van der Waals surface area contributed by atoms with Crippen LogP contribution in [0.15, 0.2) is 42.6 Å². The lowest BCUT2D eigenvalue weighted by atomic mass is 10.1. The van der Waals surface area contributed by atoms with E-state index in [-0.39, 0.29) is 19.0 Å². The lowest BCUT2D eigenvalue weighted by Crippen LogP contribution is -2.16. The van der Waals surface area contributed by atoms with Gasteiger partial charge in [-0.3, -0.25) is 9.78 Å². The second kappa shape index (κ2) is 8.18. The van der Waals surface area contributed by atoms with Gasteiger partial charge in [-0.15, -0.1) is 0 Å². The number of pyridine rings is 1. The Balaban J connectivity index is 1.59. The Hall–Kier alpha value is -2.93. The number of nitrogens with two attached hydrogens (primary N) is 1. The second-order valence-electron chi connectivity index (χ2n) is 5.59. The number of aromatic nitrogens is 1. The third-order valence-electron chi connectivity index (χ3n) is 3.79. The molecule has 0 aliphatic heterocycles. The van der Waals surface area contributed by atoms with Crippen molar-refractivity contribution < 1.29 is 23.0 Å². The number of fused-ring (bicyclic) bond motifs is 1. The zero-order chi connectivity index (χ0) is 19.4. The summed E-state index contributed by atoms with van der Waals surface area (Å²) in [5, 5.41) is 1.35. The van der Waals surface area contributed by atoms with E-state index in [2.05, 4.69) is 4.98 Å². The number of benzene rings is 2. The summed E-state index contributed by atoms with van der Waals surface area (Å²) in [5.41, 5.74) is 4.79. The summed E-state index contributed by atoms with van der Waals surface area (Å²) in [7, 11) is 0. The fourth-order valence-electron chi connectivity index (χ4n) is 2.52. The fraction of sp³-hybridized carbons (Fsp3) is 0.158. The molecule has 27 heavy (non-hydrogen) atoms. The quantitative estimate of drug-likeness (QED) is 0.614. The van der Waals surface area contributed by atoms with Crippen molar-refractivity contribution in [3.63, 3.8) is 0 Å². The van der Waals surface area contributed by atoms with Gasteiger partial charge in [-0.1, -0.05) is 11.6 Å². The van der Waals surface area contributed by atoms with Crippen molar-refractivity contribution in [2.75, 3.05) is 13.2 Å². The lowest BCUT2D eigenvalue weighted by Gasteiger charge is -2.11. The topological polar surface area (TPSA) is 74.4 Å². The predicted octanol–water partition coefficient (Wildman–Crippen LogP) is 4.11. The summed E-state index contributed by atoms with van der Waals surface area (Å²) < 4.78 is 38.4. The smallest absolute Gasteiger partial charge is 0.254 e.